The van der Waals surface area contributed by atoms with Gasteiger partial charge in [-0.1, -0.05) is 19.3 Å². The van der Waals surface area contributed by atoms with Gasteiger partial charge in [0.1, 0.15) is 12.1 Å². The smallest absolute Gasteiger partial charge is 0.328 e. The van der Waals surface area contributed by atoms with Crippen LogP contribution in [0.1, 0.15) is 58.8 Å². The van der Waals surface area contributed by atoms with E-state index in [1.54, 1.807) is 13.8 Å². The molecular formula is C17H27N3O5. The molecule has 0 unspecified atom stereocenters. The highest BCUT2D eigenvalue weighted by molar-refractivity contribution is 6.25. The minimum Gasteiger partial charge on any atom is -0.461 e. The van der Waals surface area contributed by atoms with Crippen LogP contribution in [-0.2, 0) is 19.1 Å². The molecule has 1 amide bonds. The van der Waals surface area contributed by atoms with E-state index in [2.05, 4.69) is 10.1 Å². The number of nitrogens with zero attached hydrogens (tertiary/aromatic N) is 2. The molecule has 140 valence electrons. The molecular weight excluding hydrogens is 326 g/mol. The van der Waals surface area contributed by atoms with Gasteiger partial charge in [-0.3, -0.25) is 9.59 Å². The number of ketones is 1. The molecule has 2 atom stereocenters. The molecule has 0 bridgehead atoms. The molecule has 0 radical (unpaired) electrons. The number of carbonyl (C=O) groups excluding carboxylic acids is 3. The molecule has 0 heterocycles. The van der Waals surface area contributed by atoms with Crippen LogP contribution in [0.25, 0.3) is 5.53 Å². The Labute approximate surface area is 147 Å². The number of hydrogen-bond donors (Lipinski definition) is 2. The number of aliphatic hydroxyl groups excluding tert-OH is 1. The van der Waals surface area contributed by atoms with Gasteiger partial charge in [-0.2, -0.15) is 4.79 Å². The first-order chi connectivity index (χ1) is 11.8. The maximum absolute atomic E-state index is 12.3. The molecule has 0 spiro atoms. The molecule has 0 aromatic rings. The molecule has 0 aromatic carbocycles. The van der Waals surface area contributed by atoms with E-state index in [4.69, 9.17) is 10.3 Å². The molecule has 0 aliphatic heterocycles. The number of amides is 1. The molecule has 2 N–H and O–H groups in total. The Morgan fingerprint density at radius 3 is 2.48 bits per heavy atom. The first kappa shape index (κ1) is 21.0. The molecule has 8 nitrogen and oxygen atoms in total. The van der Waals surface area contributed by atoms with Crippen LogP contribution in [0.3, 0.4) is 0 Å². The summed E-state index contributed by atoms with van der Waals surface area (Å²) in [6.45, 7) is 3.36. The zero-order valence-electron chi connectivity index (χ0n) is 14.8. The molecule has 1 aliphatic carbocycles. The summed E-state index contributed by atoms with van der Waals surface area (Å²) in [5.41, 5.74) is 8.35. The summed E-state index contributed by atoms with van der Waals surface area (Å²) in [5, 5.41) is 12.7. The van der Waals surface area contributed by atoms with Crippen LogP contribution in [0.15, 0.2) is 0 Å². The lowest BCUT2D eigenvalue weighted by Crippen LogP contribution is -2.49. The number of esters is 1. The van der Waals surface area contributed by atoms with E-state index in [9.17, 15) is 19.5 Å². The number of aliphatic hydroxyl groups is 1. The second-order valence-electron chi connectivity index (χ2n) is 6.64. The van der Waals surface area contributed by atoms with E-state index in [0.717, 1.165) is 38.3 Å². The molecule has 1 rings (SSSR count). The van der Waals surface area contributed by atoms with Crippen molar-refractivity contribution in [1.29, 1.82) is 0 Å². The van der Waals surface area contributed by atoms with Crippen molar-refractivity contribution in [2.24, 2.45) is 5.92 Å². The van der Waals surface area contributed by atoms with Crippen LogP contribution >= 0.6 is 0 Å². The Kier molecular flexibility index (Phi) is 9.02. The van der Waals surface area contributed by atoms with Crippen LogP contribution in [0.4, 0.5) is 0 Å². The normalized spacial score (nSPS) is 17.3. The van der Waals surface area contributed by atoms with Crippen molar-refractivity contribution in [2.75, 3.05) is 0 Å². The summed E-state index contributed by atoms with van der Waals surface area (Å²) in [6.07, 6.45) is 3.70. The van der Waals surface area contributed by atoms with Crippen LogP contribution in [0.5, 0.6) is 0 Å². The number of carbonyl (C=O) groups is 3. The topological polar surface area (TPSA) is 129 Å². The van der Waals surface area contributed by atoms with Crippen molar-refractivity contribution in [2.45, 2.75) is 77.0 Å². The van der Waals surface area contributed by atoms with Gasteiger partial charge in [0.15, 0.2) is 0 Å². The zero-order chi connectivity index (χ0) is 18.8. The van der Waals surface area contributed by atoms with Gasteiger partial charge < -0.3 is 20.7 Å². The minimum absolute atomic E-state index is 0.000463. The van der Waals surface area contributed by atoms with E-state index < -0.39 is 29.8 Å². The highest BCUT2D eigenvalue weighted by Gasteiger charge is 2.31. The number of rotatable bonds is 9. The summed E-state index contributed by atoms with van der Waals surface area (Å²) < 4.78 is 5.10. The predicted molar refractivity (Wildman–Crippen MR) is 89.7 cm³/mol. The standard InChI is InChI=1S/C17H27N3O5/c1-11(2)25-17(24)14(9-8-13(21)10-19-18)20-16(23)15(22)12-6-4-3-5-7-12/h10-12,14-15,22H,3-9H2,1-2H3,(H,20,23)/t14-,15-/m0/s1. The molecule has 25 heavy (non-hydrogen) atoms. The zero-order valence-corrected chi connectivity index (χ0v) is 14.8. The largest absolute Gasteiger partial charge is 0.461 e. The molecule has 0 saturated heterocycles. The van der Waals surface area contributed by atoms with Crippen molar-refractivity contribution in [1.82, 2.24) is 5.32 Å². The molecule has 0 aromatic heterocycles. The fourth-order valence-corrected chi connectivity index (χ4v) is 2.90. The molecule has 1 aliphatic rings. The Hall–Kier alpha value is -2.05. The van der Waals surface area contributed by atoms with Gasteiger partial charge in [0.2, 0.25) is 11.7 Å². The van der Waals surface area contributed by atoms with Gasteiger partial charge in [-0.25, -0.2) is 4.79 Å². The Balaban J connectivity index is 2.69. The summed E-state index contributed by atoms with van der Waals surface area (Å²) in [5.74, 6) is -1.88. The third kappa shape index (κ3) is 7.58. The van der Waals surface area contributed by atoms with Crippen LogP contribution in [0.2, 0.25) is 0 Å². The second kappa shape index (κ2) is 10.7. The van der Waals surface area contributed by atoms with Gasteiger partial charge in [-0.05, 0) is 39.0 Å². The lowest BCUT2D eigenvalue weighted by molar-refractivity contribution is -0.153. The van der Waals surface area contributed by atoms with E-state index in [-0.39, 0.29) is 24.9 Å². The minimum atomic E-state index is -1.18. The van der Waals surface area contributed by atoms with Gasteiger partial charge in [0.25, 0.3) is 0 Å². The number of ether oxygens (including phenoxy) is 1. The SMILES string of the molecule is CC(C)OC(=O)[C@H](CCC(=O)C=[N+]=[N-])NC(=O)[C@@H](O)C1CCCCC1. The number of hydrogen-bond acceptors (Lipinski definition) is 5. The Morgan fingerprint density at radius 2 is 1.92 bits per heavy atom. The Bertz CT molecular complexity index is 522. The average molecular weight is 353 g/mol. The molecule has 8 heteroatoms. The summed E-state index contributed by atoms with van der Waals surface area (Å²) >= 11 is 0. The number of Topliss-reactive ketones (excluding diaryl/α,β-unsaturated/α-hetero) is 1. The van der Waals surface area contributed by atoms with Gasteiger partial charge in [-0.15, -0.1) is 0 Å². The monoisotopic (exact) mass is 353 g/mol. The fourth-order valence-electron chi connectivity index (χ4n) is 2.90. The fraction of sp³-hybridized carbons (Fsp3) is 0.765. The van der Waals surface area contributed by atoms with Crippen molar-refractivity contribution in [3.63, 3.8) is 0 Å². The van der Waals surface area contributed by atoms with E-state index in [1.807, 2.05) is 0 Å². The van der Waals surface area contributed by atoms with E-state index >= 15 is 0 Å². The van der Waals surface area contributed by atoms with Crippen molar-refractivity contribution in [3.05, 3.63) is 5.53 Å². The third-order valence-corrected chi connectivity index (χ3v) is 4.20. The van der Waals surface area contributed by atoms with Crippen molar-refractivity contribution in [3.8, 4) is 0 Å². The second-order valence-corrected chi connectivity index (χ2v) is 6.64. The lowest BCUT2D eigenvalue weighted by atomic mass is 9.85. The quantitative estimate of drug-likeness (QED) is 0.277. The van der Waals surface area contributed by atoms with Crippen molar-refractivity contribution >= 4 is 23.9 Å². The van der Waals surface area contributed by atoms with Gasteiger partial charge in [0.05, 0.1) is 6.10 Å². The molecule has 1 fully saturated rings. The predicted octanol–water partition coefficient (Wildman–Crippen LogP) is 1.01. The summed E-state index contributed by atoms with van der Waals surface area (Å²) in [4.78, 5) is 38.5. The van der Waals surface area contributed by atoms with Gasteiger partial charge in [0, 0.05) is 6.42 Å². The molecule has 1 saturated carbocycles. The Morgan fingerprint density at radius 1 is 1.28 bits per heavy atom. The highest BCUT2D eigenvalue weighted by Crippen LogP contribution is 2.26. The summed E-state index contributed by atoms with van der Waals surface area (Å²) in [7, 11) is 0. The van der Waals surface area contributed by atoms with Crippen molar-refractivity contribution < 1.29 is 29.0 Å². The van der Waals surface area contributed by atoms with E-state index in [1.165, 1.54) is 0 Å². The number of nitrogens with one attached hydrogen (secondary N) is 1. The van der Waals surface area contributed by atoms with Crippen LogP contribution in [0, 0.1) is 5.92 Å². The maximum Gasteiger partial charge on any atom is 0.328 e. The van der Waals surface area contributed by atoms with E-state index in [0.29, 0.717) is 0 Å². The maximum atomic E-state index is 12.3. The average Bonchev–Trinajstić information content (AvgIpc) is 2.58. The lowest BCUT2D eigenvalue weighted by Gasteiger charge is -2.27. The first-order valence-electron chi connectivity index (χ1n) is 8.74. The summed E-state index contributed by atoms with van der Waals surface area (Å²) in [6, 6.07) is -1.04. The van der Waals surface area contributed by atoms with Crippen LogP contribution in [-0.4, -0.2) is 52.0 Å². The first-order valence-corrected chi connectivity index (χ1v) is 8.74. The van der Waals surface area contributed by atoms with Gasteiger partial charge >= 0.3 is 12.2 Å². The van der Waals surface area contributed by atoms with Crippen LogP contribution < -0.4 is 5.32 Å². The third-order valence-electron chi connectivity index (χ3n) is 4.20. The highest BCUT2D eigenvalue weighted by atomic mass is 16.5.